The molecule has 0 aliphatic heterocycles. The lowest BCUT2D eigenvalue weighted by molar-refractivity contribution is 1.08. The summed E-state index contributed by atoms with van der Waals surface area (Å²) >= 11 is 0. The first kappa shape index (κ1) is 23.7. The lowest BCUT2D eigenvalue weighted by atomic mass is 9.90. The van der Waals surface area contributed by atoms with Gasteiger partial charge in [-0.3, -0.25) is 0 Å². The van der Waals surface area contributed by atoms with E-state index in [9.17, 15) is 0 Å². The van der Waals surface area contributed by atoms with Crippen LogP contribution in [0.1, 0.15) is 0 Å². The molecule has 188 valence electrons. The van der Waals surface area contributed by atoms with Gasteiger partial charge in [0, 0.05) is 16.7 Å². The molecule has 1 aromatic heterocycles. The van der Waals surface area contributed by atoms with Crippen molar-refractivity contribution in [1.82, 2.24) is 15.0 Å². The second kappa shape index (κ2) is 10.4. The molecule has 3 heteroatoms. The number of rotatable bonds is 5. The first-order valence-corrected chi connectivity index (χ1v) is 13.4. The summed E-state index contributed by atoms with van der Waals surface area (Å²) in [6.07, 6.45) is 0. The fourth-order valence-corrected chi connectivity index (χ4v) is 5.25. The molecule has 1 heterocycles. The van der Waals surface area contributed by atoms with E-state index < -0.39 is 0 Å². The Morgan fingerprint density at radius 1 is 0.250 bits per heavy atom. The molecule has 40 heavy (non-hydrogen) atoms. The monoisotopic (exact) mass is 511 g/mol. The smallest absolute Gasteiger partial charge is 0.164 e. The fraction of sp³-hybridized carbons (Fsp3) is 0. The topological polar surface area (TPSA) is 38.7 Å². The van der Waals surface area contributed by atoms with Crippen molar-refractivity contribution < 1.29 is 0 Å². The number of aromatic nitrogens is 3. The normalized spacial score (nSPS) is 11.0. The molecule has 0 aliphatic carbocycles. The molecule has 0 N–H and O–H groups in total. The van der Waals surface area contributed by atoms with E-state index in [2.05, 4.69) is 91.0 Å². The maximum Gasteiger partial charge on any atom is 0.164 e. The quantitative estimate of drug-likeness (QED) is 0.231. The molecular formula is C37H25N3. The van der Waals surface area contributed by atoms with Crippen molar-refractivity contribution in [2.75, 3.05) is 0 Å². The van der Waals surface area contributed by atoms with Crippen molar-refractivity contribution in [2.45, 2.75) is 0 Å². The molecule has 0 aliphatic rings. The van der Waals surface area contributed by atoms with Gasteiger partial charge in [-0.05, 0) is 39.1 Å². The average molecular weight is 512 g/mol. The van der Waals surface area contributed by atoms with E-state index in [1.165, 1.54) is 22.3 Å². The molecule has 7 aromatic rings. The summed E-state index contributed by atoms with van der Waals surface area (Å²) in [6, 6.07) is 52.2. The number of hydrogen-bond donors (Lipinski definition) is 0. The van der Waals surface area contributed by atoms with Crippen LogP contribution in [0.2, 0.25) is 0 Å². The Morgan fingerprint density at radius 3 is 1.23 bits per heavy atom. The van der Waals surface area contributed by atoms with Crippen LogP contribution in [0.3, 0.4) is 0 Å². The van der Waals surface area contributed by atoms with E-state index in [0.717, 1.165) is 27.5 Å². The van der Waals surface area contributed by atoms with Crippen LogP contribution in [0.5, 0.6) is 0 Å². The highest BCUT2D eigenvalue weighted by Gasteiger charge is 2.17. The Hall–Kier alpha value is -5.41. The minimum Gasteiger partial charge on any atom is -0.208 e. The maximum atomic E-state index is 4.99. The zero-order chi connectivity index (χ0) is 26.7. The van der Waals surface area contributed by atoms with Crippen molar-refractivity contribution in [1.29, 1.82) is 0 Å². The molecule has 0 amide bonds. The predicted molar refractivity (Wildman–Crippen MR) is 165 cm³/mol. The summed E-state index contributed by atoms with van der Waals surface area (Å²) in [5, 5.41) is 2.26. The van der Waals surface area contributed by atoms with Gasteiger partial charge in [0.2, 0.25) is 0 Å². The van der Waals surface area contributed by atoms with Crippen LogP contribution in [-0.2, 0) is 0 Å². The maximum absolute atomic E-state index is 4.99. The fourth-order valence-electron chi connectivity index (χ4n) is 5.25. The van der Waals surface area contributed by atoms with Crippen molar-refractivity contribution in [3.8, 4) is 56.4 Å². The molecular weight excluding hydrogens is 486 g/mol. The Kier molecular flexibility index (Phi) is 6.15. The molecule has 0 saturated carbocycles. The SMILES string of the molecule is c1ccc(-c2nc(-c3ccccc3)nc(-c3ccc(-c4ccccc4-c4ccccc4)c4ccccc34)n2)cc1. The van der Waals surface area contributed by atoms with E-state index in [1.807, 2.05) is 60.7 Å². The van der Waals surface area contributed by atoms with Crippen molar-refractivity contribution in [3.63, 3.8) is 0 Å². The summed E-state index contributed by atoms with van der Waals surface area (Å²) in [5.74, 6) is 1.98. The molecule has 0 atom stereocenters. The summed E-state index contributed by atoms with van der Waals surface area (Å²) in [6.45, 7) is 0. The second-order valence-corrected chi connectivity index (χ2v) is 9.66. The number of hydrogen-bond acceptors (Lipinski definition) is 3. The third kappa shape index (κ3) is 4.44. The van der Waals surface area contributed by atoms with Crippen LogP contribution < -0.4 is 0 Å². The lowest BCUT2D eigenvalue weighted by Gasteiger charge is -2.15. The van der Waals surface area contributed by atoms with Gasteiger partial charge >= 0.3 is 0 Å². The minimum atomic E-state index is 0.659. The highest BCUT2D eigenvalue weighted by atomic mass is 15.0. The largest absolute Gasteiger partial charge is 0.208 e. The third-order valence-electron chi connectivity index (χ3n) is 7.17. The summed E-state index contributed by atoms with van der Waals surface area (Å²) in [7, 11) is 0. The highest BCUT2D eigenvalue weighted by Crippen LogP contribution is 2.39. The molecule has 7 rings (SSSR count). The molecule has 0 saturated heterocycles. The second-order valence-electron chi connectivity index (χ2n) is 9.66. The Labute approximate surface area is 233 Å². The zero-order valence-corrected chi connectivity index (χ0v) is 21.8. The number of fused-ring (bicyclic) bond motifs is 1. The van der Waals surface area contributed by atoms with Crippen LogP contribution >= 0.6 is 0 Å². The van der Waals surface area contributed by atoms with E-state index in [4.69, 9.17) is 15.0 Å². The number of benzene rings is 6. The molecule has 3 nitrogen and oxygen atoms in total. The summed E-state index contributed by atoms with van der Waals surface area (Å²) in [5.41, 5.74) is 7.68. The molecule has 0 bridgehead atoms. The highest BCUT2D eigenvalue weighted by molar-refractivity contribution is 6.06. The van der Waals surface area contributed by atoms with Gasteiger partial charge in [0.1, 0.15) is 0 Å². The van der Waals surface area contributed by atoms with Crippen molar-refractivity contribution in [2.24, 2.45) is 0 Å². The van der Waals surface area contributed by atoms with Crippen LogP contribution in [0.25, 0.3) is 67.2 Å². The Bertz CT molecular complexity index is 1870. The van der Waals surface area contributed by atoms with Gasteiger partial charge in [-0.15, -0.1) is 0 Å². The first-order chi connectivity index (χ1) is 19.8. The van der Waals surface area contributed by atoms with Gasteiger partial charge in [-0.2, -0.15) is 0 Å². The minimum absolute atomic E-state index is 0.659. The lowest BCUT2D eigenvalue weighted by Crippen LogP contribution is -2.00. The van der Waals surface area contributed by atoms with E-state index in [1.54, 1.807) is 0 Å². The van der Waals surface area contributed by atoms with Gasteiger partial charge < -0.3 is 0 Å². The summed E-state index contributed by atoms with van der Waals surface area (Å²) < 4.78 is 0. The molecule has 0 fully saturated rings. The van der Waals surface area contributed by atoms with Crippen molar-refractivity contribution in [3.05, 3.63) is 152 Å². The average Bonchev–Trinajstić information content (AvgIpc) is 3.05. The first-order valence-electron chi connectivity index (χ1n) is 13.4. The van der Waals surface area contributed by atoms with Crippen molar-refractivity contribution >= 4 is 10.8 Å². The van der Waals surface area contributed by atoms with Gasteiger partial charge in [-0.1, -0.05) is 146 Å². The van der Waals surface area contributed by atoms with Gasteiger partial charge in [-0.25, -0.2) is 15.0 Å². The molecule has 6 aromatic carbocycles. The Morgan fingerprint density at radius 2 is 0.650 bits per heavy atom. The predicted octanol–water partition coefficient (Wildman–Crippen LogP) is 9.36. The summed E-state index contributed by atoms with van der Waals surface area (Å²) in [4.78, 5) is 14.9. The molecule has 0 radical (unpaired) electrons. The van der Waals surface area contributed by atoms with E-state index in [-0.39, 0.29) is 0 Å². The van der Waals surface area contributed by atoms with Gasteiger partial charge in [0.15, 0.2) is 17.5 Å². The van der Waals surface area contributed by atoms with Crippen LogP contribution in [0.4, 0.5) is 0 Å². The standard InChI is InChI=1S/C37H25N3/c1-4-14-26(15-5-1)29-20-10-11-21-30(29)33-24-25-34(32-23-13-12-22-31(32)33)37-39-35(27-16-6-2-7-17-27)38-36(40-37)28-18-8-3-9-19-28/h1-25H. The van der Waals surface area contributed by atoms with E-state index >= 15 is 0 Å². The molecule has 0 spiro atoms. The van der Waals surface area contributed by atoms with Gasteiger partial charge in [0.25, 0.3) is 0 Å². The zero-order valence-electron chi connectivity index (χ0n) is 21.8. The van der Waals surface area contributed by atoms with E-state index in [0.29, 0.717) is 17.5 Å². The van der Waals surface area contributed by atoms with Crippen LogP contribution in [0, 0.1) is 0 Å². The van der Waals surface area contributed by atoms with Crippen LogP contribution in [-0.4, -0.2) is 15.0 Å². The van der Waals surface area contributed by atoms with Crippen LogP contribution in [0.15, 0.2) is 152 Å². The molecule has 0 unspecified atom stereocenters. The number of nitrogens with zero attached hydrogens (tertiary/aromatic N) is 3. The Balaban J connectivity index is 1.45. The third-order valence-corrected chi connectivity index (χ3v) is 7.17. The van der Waals surface area contributed by atoms with Gasteiger partial charge in [0.05, 0.1) is 0 Å².